The van der Waals surface area contributed by atoms with E-state index in [0.717, 1.165) is 25.0 Å². The molecule has 1 saturated heterocycles. The summed E-state index contributed by atoms with van der Waals surface area (Å²) in [4.78, 5) is 20.2. The van der Waals surface area contributed by atoms with Gasteiger partial charge >= 0.3 is 6.09 Å². The monoisotopic (exact) mass is 334 g/mol. The second-order valence-electron chi connectivity index (χ2n) is 7.47. The molecule has 0 radical (unpaired) electrons. The normalized spacial score (nSPS) is 29.3. The van der Waals surface area contributed by atoms with E-state index in [-0.39, 0.29) is 24.3 Å². The number of ether oxygens (including phenoxy) is 2. The zero-order valence-corrected chi connectivity index (χ0v) is 14.5. The molecule has 0 bridgehead atoms. The minimum absolute atomic E-state index is 0.0229. The standard InChI is InChI=1S/C17H26N4O3/c1-17(2,3)24-16(22)21-13-12-5-4-6-23-15(12)14(13)20-9-11-7-18-10-19-8-11/h7-8,10,12-15,20H,4-6,9H2,1-3H3,(H,21,22). The fraction of sp³-hybridized carbons (Fsp3) is 0.706. The van der Waals surface area contributed by atoms with E-state index >= 15 is 0 Å². The van der Waals surface area contributed by atoms with Gasteiger partial charge in [-0.15, -0.1) is 0 Å². The first-order valence-corrected chi connectivity index (χ1v) is 8.52. The molecule has 2 fully saturated rings. The number of hydrogen-bond donors (Lipinski definition) is 2. The van der Waals surface area contributed by atoms with Gasteiger partial charge in [0.2, 0.25) is 0 Å². The maximum atomic E-state index is 12.1. The summed E-state index contributed by atoms with van der Waals surface area (Å²) in [7, 11) is 0. The molecule has 1 aliphatic heterocycles. The Labute approximate surface area is 142 Å². The van der Waals surface area contributed by atoms with Crippen LogP contribution >= 0.6 is 0 Å². The van der Waals surface area contributed by atoms with Crippen LogP contribution in [0, 0.1) is 5.92 Å². The topological polar surface area (TPSA) is 85.4 Å². The van der Waals surface area contributed by atoms with E-state index in [0.29, 0.717) is 12.5 Å². The summed E-state index contributed by atoms with van der Waals surface area (Å²) in [6, 6.07) is 0.0952. The summed E-state index contributed by atoms with van der Waals surface area (Å²) in [5, 5.41) is 6.50. The summed E-state index contributed by atoms with van der Waals surface area (Å²) in [5.41, 5.74) is 0.508. The molecule has 0 aromatic carbocycles. The number of carbonyl (C=O) groups is 1. The van der Waals surface area contributed by atoms with Crippen LogP contribution in [0.5, 0.6) is 0 Å². The summed E-state index contributed by atoms with van der Waals surface area (Å²) in [6.07, 6.45) is 6.96. The Balaban J connectivity index is 1.60. The first-order valence-electron chi connectivity index (χ1n) is 8.52. The highest BCUT2D eigenvalue weighted by atomic mass is 16.6. The van der Waals surface area contributed by atoms with Gasteiger partial charge in [-0.25, -0.2) is 14.8 Å². The van der Waals surface area contributed by atoms with Crippen LogP contribution in [0.1, 0.15) is 39.2 Å². The minimum Gasteiger partial charge on any atom is -0.444 e. The highest BCUT2D eigenvalue weighted by molar-refractivity contribution is 5.68. The largest absolute Gasteiger partial charge is 0.444 e. The Morgan fingerprint density at radius 3 is 2.79 bits per heavy atom. The molecular weight excluding hydrogens is 308 g/mol. The first kappa shape index (κ1) is 17.1. The van der Waals surface area contributed by atoms with Crippen LogP contribution in [0.25, 0.3) is 0 Å². The van der Waals surface area contributed by atoms with Crippen molar-refractivity contribution in [3.63, 3.8) is 0 Å². The molecule has 3 rings (SSSR count). The predicted molar refractivity (Wildman–Crippen MR) is 88.3 cm³/mol. The molecule has 7 nitrogen and oxygen atoms in total. The Morgan fingerprint density at radius 1 is 1.33 bits per heavy atom. The molecule has 2 aliphatic rings. The van der Waals surface area contributed by atoms with Gasteiger partial charge in [-0.2, -0.15) is 0 Å². The number of amides is 1. The van der Waals surface area contributed by atoms with E-state index in [9.17, 15) is 4.79 Å². The van der Waals surface area contributed by atoms with Gasteiger partial charge in [-0.3, -0.25) is 0 Å². The van der Waals surface area contributed by atoms with Crippen molar-refractivity contribution < 1.29 is 14.3 Å². The summed E-state index contributed by atoms with van der Waals surface area (Å²) >= 11 is 0. The average molecular weight is 334 g/mol. The van der Waals surface area contributed by atoms with Crippen molar-refractivity contribution in [3.05, 3.63) is 24.3 Å². The second kappa shape index (κ2) is 7.03. The van der Waals surface area contributed by atoms with Crippen LogP contribution in [0.4, 0.5) is 4.79 Å². The molecule has 0 spiro atoms. The van der Waals surface area contributed by atoms with Gasteiger partial charge in [-0.05, 0) is 33.6 Å². The molecule has 2 N–H and O–H groups in total. The van der Waals surface area contributed by atoms with Crippen LogP contribution in [0.2, 0.25) is 0 Å². The lowest BCUT2D eigenvalue weighted by molar-refractivity contribution is -0.128. The number of alkyl carbamates (subject to hydrolysis) is 1. The van der Waals surface area contributed by atoms with Crippen molar-refractivity contribution in [2.75, 3.05) is 6.61 Å². The Kier molecular flexibility index (Phi) is 5.01. The molecular formula is C17H26N4O3. The summed E-state index contributed by atoms with van der Waals surface area (Å²) in [5.74, 6) is 0.343. The molecule has 1 aliphatic carbocycles. The molecule has 132 valence electrons. The van der Waals surface area contributed by atoms with Gasteiger partial charge in [0.25, 0.3) is 0 Å². The van der Waals surface area contributed by atoms with Crippen molar-refractivity contribution in [2.24, 2.45) is 5.92 Å². The van der Waals surface area contributed by atoms with Crippen molar-refractivity contribution in [2.45, 2.75) is 63.9 Å². The number of fused-ring (bicyclic) bond motifs is 1. The van der Waals surface area contributed by atoms with Gasteiger partial charge in [0.05, 0.1) is 18.2 Å². The Hall–Kier alpha value is -1.73. The molecule has 24 heavy (non-hydrogen) atoms. The number of nitrogens with one attached hydrogen (secondary N) is 2. The lowest BCUT2D eigenvalue weighted by atomic mass is 9.68. The average Bonchev–Trinajstić information content (AvgIpc) is 2.52. The van der Waals surface area contributed by atoms with Gasteiger partial charge in [0.1, 0.15) is 11.9 Å². The fourth-order valence-electron chi connectivity index (χ4n) is 3.45. The molecule has 7 heteroatoms. The number of rotatable bonds is 4. The van der Waals surface area contributed by atoms with E-state index in [4.69, 9.17) is 9.47 Å². The van der Waals surface area contributed by atoms with Gasteiger partial charge in [0, 0.05) is 37.0 Å². The smallest absolute Gasteiger partial charge is 0.407 e. The van der Waals surface area contributed by atoms with Crippen molar-refractivity contribution in [1.82, 2.24) is 20.6 Å². The maximum Gasteiger partial charge on any atom is 0.407 e. The maximum absolute atomic E-state index is 12.1. The van der Waals surface area contributed by atoms with Crippen LogP contribution in [0.3, 0.4) is 0 Å². The molecule has 1 saturated carbocycles. The SMILES string of the molecule is CC(C)(C)OC(=O)NC1C2CCCOC2C1NCc1cncnc1. The number of aromatic nitrogens is 2. The lowest BCUT2D eigenvalue weighted by Gasteiger charge is -2.54. The zero-order chi connectivity index (χ0) is 17.2. The number of carbonyl (C=O) groups excluding carboxylic acids is 1. The zero-order valence-electron chi connectivity index (χ0n) is 14.5. The molecule has 1 aromatic heterocycles. The molecule has 4 atom stereocenters. The third kappa shape index (κ3) is 4.02. The van der Waals surface area contributed by atoms with E-state index in [1.54, 1.807) is 12.4 Å². The molecule has 1 aromatic rings. The third-order valence-corrected chi connectivity index (χ3v) is 4.46. The first-order chi connectivity index (χ1) is 11.4. The number of nitrogens with zero attached hydrogens (tertiary/aromatic N) is 2. The van der Waals surface area contributed by atoms with Crippen LogP contribution in [-0.2, 0) is 16.0 Å². The van der Waals surface area contributed by atoms with Crippen LogP contribution < -0.4 is 10.6 Å². The van der Waals surface area contributed by atoms with Gasteiger partial charge < -0.3 is 20.1 Å². The minimum atomic E-state index is -0.499. The summed E-state index contributed by atoms with van der Waals surface area (Å²) in [6.45, 7) is 7.03. The number of hydrogen-bond acceptors (Lipinski definition) is 6. The Bertz CT molecular complexity index is 561. The predicted octanol–water partition coefficient (Wildman–Crippen LogP) is 1.64. The van der Waals surface area contributed by atoms with Crippen LogP contribution in [0.15, 0.2) is 18.7 Å². The Morgan fingerprint density at radius 2 is 2.08 bits per heavy atom. The fourth-order valence-corrected chi connectivity index (χ4v) is 3.45. The highest BCUT2D eigenvalue weighted by Crippen LogP contribution is 2.38. The van der Waals surface area contributed by atoms with Crippen molar-refractivity contribution in [3.8, 4) is 0 Å². The van der Waals surface area contributed by atoms with Gasteiger partial charge in [-0.1, -0.05) is 0 Å². The lowest BCUT2D eigenvalue weighted by Crippen LogP contribution is -2.73. The third-order valence-electron chi connectivity index (χ3n) is 4.46. The molecule has 1 amide bonds. The van der Waals surface area contributed by atoms with Crippen LogP contribution in [-0.4, -0.2) is 46.5 Å². The van der Waals surface area contributed by atoms with E-state index in [1.807, 2.05) is 20.8 Å². The molecule has 4 unspecified atom stereocenters. The second-order valence-corrected chi connectivity index (χ2v) is 7.47. The highest BCUT2D eigenvalue weighted by Gasteiger charge is 2.53. The van der Waals surface area contributed by atoms with Gasteiger partial charge in [0.15, 0.2) is 0 Å². The van der Waals surface area contributed by atoms with E-state index in [1.165, 1.54) is 6.33 Å². The summed E-state index contributed by atoms with van der Waals surface area (Å²) < 4.78 is 11.3. The van der Waals surface area contributed by atoms with Crippen molar-refractivity contribution >= 4 is 6.09 Å². The van der Waals surface area contributed by atoms with E-state index in [2.05, 4.69) is 20.6 Å². The van der Waals surface area contributed by atoms with E-state index < -0.39 is 5.60 Å². The quantitative estimate of drug-likeness (QED) is 0.871. The van der Waals surface area contributed by atoms with Crippen molar-refractivity contribution in [1.29, 1.82) is 0 Å². The molecule has 2 heterocycles.